The second-order valence-electron chi connectivity index (χ2n) is 5.41. The minimum Gasteiger partial charge on any atom is -0.493 e. The summed E-state index contributed by atoms with van der Waals surface area (Å²) in [7, 11) is 1.62. The van der Waals surface area contributed by atoms with Gasteiger partial charge in [0.1, 0.15) is 6.61 Å². The van der Waals surface area contributed by atoms with Crippen molar-refractivity contribution in [1.82, 2.24) is 0 Å². The molecule has 4 nitrogen and oxygen atoms in total. The standard InChI is InChI=1S/C16H24ClNO3/c1-3-13(18)8-11-7-12(17)9-15(19-2)16(11)21-10-14-5-4-6-20-14/h7,9,13-14H,3-6,8,10,18H2,1-2H3. The maximum absolute atomic E-state index is 6.15. The molecule has 118 valence electrons. The summed E-state index contributed by atoms with van der Waals surface area (Å²) < 4.78 is 17.0. The van der Waals surface area contributed by atoms with Crippen LogP contribution in [0.5, 0.6) is 11.5 Å². The van der Waals surface area contributed by atoms with Gasteiger partial charge in [0.05, 0.1) is 13.2 Å². The molecule has 0 aliphatic carbocycles. The van der Waals surface area contributed by atoms with Gasteiger partial charge in [-0.05, 0) is 31.7 Å². The molecule has 2 N–H and O–H groups in total. The Morgan fingerprint density at radius 1 is 1.48 bits per heavy atom. The van der Waals surface area contributed by atoms with Crippen LogP contribution in [0.25, 0.3) is 0 Å². The van der Waals surface area contributed by atoms with E-state index in [0.29, 0.717) is 23.8 Å². The van der Waals surface area contributed by atoms with Gasteiger partial charge in [-0.15, -0.1) is 0 Å². The van der Waals surface area contributed by atoms with Gasteiger partial charge in [-0.2, -0.15) is 0 Å². The van der Waals surface area contributed by atoms with Crippen molar-refractivity contribution >= 4 is 11.6 Å². The Bertz CT molecular complexity index is 461. The molecule has 1 aromatic carbocycles. The summed E-state index contributed by atoms with van der Waals surface area (Å²) in [6.45, 7) is 3.42. The summed E-state index contributed by atoms with van der Waals surface area (Å²) in [4.78, 5) is 0. The summed E-state index contributed by atoms with van der Waals surface area (Å²) in [6, 6.07) is 3.76. The fourth-order valence-corrected chi connectivity index (χ4v) is 2.70. The molecule has 0 spiro atoms. The summed E-state index contributed by atoms with van der Waals surface area (Å²) in [5, 5.41) is 0.634. The Kier molecular flexibility index (Phi) is 6.15. The molecule has 2 rings (SSSR count). The zero-order valence-electron chi connectivity index (χ0n) is 12.7. The van der Waals surface area contributed by atoms with Crippen LogP contribution in [-0.2, 0) is 11.2 Å². The Balaban J connectivity index is 2.17. The lowest BCUT2D eigenvalue weighted by Gasteiger charge is -2.19. The fourth-order valence-electron chi connectivity index (χ4n) is 2.47. The molecule has 1 aliphatic heterocycles. The third-order valence-corrected chi connectivity index (χ3v) is 3.98. The van der Waals surface area contributed by atoms with Crippen LogP contribution in [0.4, 0.5) is 0 Å². The summed E-state index contributed by atoms with van der Waals surface area (Å²) >= 11 is 6.15. The van der Waals surface area contributed by atoms with Crippen molar-refractivity contribution in [3.05, 3.63) is 22.7 Å². The topological polar surface area (TPSA) is 53.7 Å². The van der Waals surface area contributed by atoms with E-state index >= 15 is 0 Å². The average Bonchev–Trinajstić information content (AvgIpc) is 2.98. The second kappa shape index (κ2) is 7.87. The number of nitrogens with two attached hydrogens (primary N) is 1. The molecule has 0 radical (unpaired) electrons. The van der Waals surface area contributed by atoms with Crippen LogP contribution in [0.2, 0.25) is 5.02 Å². The molecule has 2 atom stereocenters. The predicted octanol–water partition coefficient (Wildman–Crippen LogP) is 3.19. The van der Waals surface area contributed by atoms with Crippen molar-refractivity contribution in [1.29, 1.82) is 0 Å². The number of halogens is 1. The van der Waals surface area contributed by atoms with Crippen LogP contribution in [0.3, 0.4) is 0 Å². The molecule has 2 unspecified atom stereocenters. The highest BCUT2D eigenvalue weighted by Gasteiger charge is 2.20. The van der Waals surface area contributed by atoms with Gasteiger partial charge in [0.2, 0.25) is 0 Å². The lowest BCUT2D eigenvalue weighted by atomic mass is 10.0. The predicted molar refractivity (Wildman–Crippen MR) is 84.4 cm³/mol. The van der Waals surface area contributed by atoms with Gasteiger partial charge >= 0.3 is 0 Å². The van der Waals surface area contributed by atoms with Crippen molar-refractivity contribution in [2.24, 2.45) is 5.73 Å². The second-order valence-corrected chi connectivity index (χ2v) is 5.85. The van der Waals surface area contributed by atoms with Gasteiger partial charge in [0, 0.05) is 29.3 Å². The van der Waals surface area contributed by atoms with Crippen molar-refractivity contribution in [2.45, 2.75) is 44.8 Å². The number of ether oxygens (including phenoxy) is 3. The molecule has 0 saturated carbocycles. The van der Waals surface area contributed by atoms with Gasteiger partial charge in [0.25, 0.3) is 0 Å². The van der Waals surface area contributed by atoms with E-state index in [0.717, 1.165) is 37.2 Å². The summed E-state index contributed by atoms with van der Waals surface area (Å²) in [5.74, 6) is 1.39. The van der Waals surface area contributed by atoms with Gasteiger partial charge in [-0.25, -0.2) is 0 Å². The molecule has 1 aliphatic rings. The molecule has 5 heteroatoms. The first-order valence-electron chi connectivity index (χ1n) is 7.50. The maximum atomic E-state index is 6.15. The van der Waals surface area contributed by atoms with Crippen molar-refractivity contribution in [2.75, 3.05) is 20.3 Å². The summed E-state index contributed by atoms with van der Waals surface area (Å²) in [6.07, 6.45) is 3.92. The monoisotopic (exact) mass is 313 g/mol. The van der Waals surface area contributed by atoms with E-state index in [4.69, 9.17) is 31.5 Å². The Morgan fingerprint density at radius 3 is 2.90 bits per heavy atom. The lowest BCUT2D eigenvalue weighted by Crippen LogP contribution is -2.23. The molecule has 21 heavy (non-hydrogen) atoms. The van der Waals surface area contributed by atoms with Crippen LogP contribution < -0.4 is 15.2 Å². The highest BCUT2D eigenvalue weighted by Crippen LogP contribution is 2.36. The zero-order valence-corrected chi connectivity index (χ0v) is 13.5. The van der Waals surface area contributed by atoms with Crippen LogP contribution in [-0.4, -0.2) is 32.5 Å². The quantitative estimate of drug-likeness (QED) is 0.840. The van der Waals surface area contributed by atoms with Gasteiger partial charge < -0.3 is 19.9 Å². The molecule has 1 aromatic rings. The number of methoxy groups -OCH3 is 1. The largest absolute Gasteiger partial charge is 0.493 e. The van der Waals surface area contributed by atoms with Crippen LogP contribution in [0.15, 0.2) is 12.1 Å². The first kappa shape index (κ1) is 16.4. The van der Waals surface area contributed by atoms with E-state index in [1.165, 1.54) is 0 Å². The highest BCUT2D eigenvalue weighted by molar-refractivity contribution is 6.30. The van der Waals surface area contributed by atoms with E-state index in [1.54, 1.807) is 13.2 Å². The highest BCUT2D eigenvalue weighted by atomic mass is 35.5. The molecule has 0 bridgehead atoms. The smallest absolute Gasteiger partial charge is 0.164 e. The number of benzene rings is 1. The van der Waals surface area contributed by atoms with Crippen LogP contribution >= 0.6 is 11.6 Å². The van der Waals surface area contributed by atoms with Crippen molar-refractivity contribution < 1.29 is 14.2 Å². The van der Waals surface area contributed by atoms with E-state index in [-0.39, 0.29) is 12.1 Å². The summed E-state index contributed by atoms with van der Waals surface area (Å²) in [5.41, 5.74) is 7.06. The van der Waals surface area contributed by atoms with Crippen molar-refractivity contribution in [3.63, 3.8) is 0 Å². The minimum atomic E-state index is 0.0817. The van der Waals surface area contributed by atoms with E-state index in [1.807, 2.05) is 6.07 Å². The van der Waals surface area contributed by atoms with Gasteiger partial charge in [-0.1, -0.05) is 18.5 Å². The Morgan fingerprint density at radius 2 is 2.29 bits per heavy atom. The van der Waals surface area contributed by atoms with E-state index < -0.39 is 0 Å². The minimum absolute atomic E-state index is 0.0817. The third-order valence-electron chi connectivity index (χ3n) is 3.76. The molecular formula is C16H24ClNO3. The van der Waals surface area contributed by atoms with E-state index in [9.17, 15) is 0 Å². The van der Waals surface area contributed by atoms with Gasteiger partial charge in [-0.3, -0.25) is 0 Å². The van der Waals surface area contributed by atoms with Gasteiger partial charge in [0.15, 0.2) is 11.5 Å². The first-order valence-corrected chi connectivity index (χ1v) is 7.88. The molecule has 0 aromatic heterocycles. The van der Waals surface area contributed by atoms with Crippen LogP contribution in [0.1, 0.15) is 31.7 Å². The molecule has 1 saturated heterocycles. The van der Waals surface area contributed by atoms with E-state index in [2.05, 4.69) is 6.92 Å². The third kappa shape index (κ3) is 4.50. The molecule has 1 fully saturated rings. The SMILES string of the molecule is CCC(N)Cc1cc(Cl)cc(OC)c1OCC1CCCO1. The van der Waals surface area contributed by atoms with Crippen LogP contribution in [0, 0.1) is 0 Å². The normalized spacial score (nSPS) is 19.5. The number of hydrogen-bond donors (Lipinski definition) is 1. The lowest BCUT2D eigenvalue weighted by molar-refractivity contribution is 0.0666. The fraction of sp³-hybridized carbons (Fsp3) is 0.625. The maximum Gasteiger partial charge on any atom is 0.164 e. The van der Waals surface area contributed by atoms with Crippen molar-refractivity contribution in [3.8, 4) is 11.5 Å². The Labute approximate surface area is 131 Å². The number of rotatable bonds is 7. The molecule has 0 amide bonds. The molecular weight excluding hydrogens is 290 g/mol. The molecule has 1 heterocycles. The average molecular weight is 314 g/mol. The Hall–Kier alpha value is -0.970. The number of hydrogen-bond acceptors (Lipinski definition) is 4. The zero-order chi connectivity index (χ0) is 15.2. The first-order chi connectivity index (χ1) is 10.1.